The molecular formula is C31H25BrN4O2. The highest BCUT2D eigenvalue weighted by Gasteiger charge is 2.17. The molecule has 0 saturated carbocycles. The molecule has 3 aromatic carbocycles. The van der Waals surface area contributed by atoms with Crippen molar-refractivity contribution < 1.29 is 4.42 Å². The Kier molecular flexibility index (Phi) is 5.88. The third-order valence-electron chi connectivity index (χ3n) is 6.70. The minimum atomic E-state index is -0.258. The fourth-order valence-electron chi connectivity index (χ4n) is 5.03. The van der Waals surface area contributed by atoms with E-state index in [1.807, 2.05) is 42.5 Å². The highest BCUT2D eigenvalue weighted by molar-refractivity contribution is 9.10. The molecular weight excluding hydrogens is 540 g/mol. The van der Waals surface area contributed by atoms with Gasteiger partial charge in [-0.2, -0.15) is 9.78 Å². The Morgan fingerprint density at radius 2 is 1.68 bits per heavy atom. The first-order chi connectivity index (χ1) is 18.3. The van der Waals surface area contributed by atoms with E-state index in [-0.39, 0.29) is 5.56 Å². The molecule has 0 amide bonds. The zero-order chi connectivity index (χ0) is 26.6. The molecule has 38 heavy (non-hydrogen) atoms. The van der Waals surface area contributed by atoms with Crippen molar-refractivity contribution in [2.45, 2.75) is 27.7 Å². The van der Waals surface area contributed by atoms with Gasteiger partial charge in [0, 0.05) is 32.5 Å². The predicted molar refractivity (Wildman–Crippen MR) is 157 cm³/mol. The van der Waals surface area contributed by atoms with Gasteiger partial charge in [0.25, 0.3) is 5.56 Å². The number of halogens is 1. The highest BCUT2D eigenvalue weighted by Crippen LogP contribution is 2.29. The molecule has 188 valence electrons. The number of furan rings is 1. The van der Waals surface area contributed by atoms with Crippen LogP contribution in [0.1, 0.15) is 28.1 Å². The largest absolute Gasteiger partial charge is 0.453 e. The molecule has 0 radical (unpaired) electrons. The van der Waals surface area contributed by atoms with E-state index in [1.54, 1.807) is 12.3 Å². The lowest BCUT2D eigenvalue weighted by atomic mass is 10.1. The molecule has 0 aliphatic rings. The van der Waals surface area contributed by atoms with Crippen LogP contribution < -0.4 is 5.56 Å². The number of rotatable bonds is 4. The average molecular weight is 565 g/mol. The Bertz CT molecular complexity index is 1940. The summed E-state index contributed by atoms with van der Waals surface area (Å²) in [6.45, 7) is 8.34. The van der Waals surface area contributed by atoms with Gasteiger partial charge in [0.1, 0.15) is 5.58 Å². The zero-order valence-corrected chi connectivity index (χ0v) is 23.1. The summed E-state index contributed by atoms with van der Waals surface area (Å²) in [4.78, 5) is 18.4. The van der Waals surface area contributed by atoms with Crippen molar-refractivity contribution in [2.75, 3.05) is 0 Å². The van der Waals surface area contributed by atoms with Crippen molar-refractivity contribution in [3.05, 3.63) is 116 Å². The first kappa shape index (κ1) is 24.1. The SMILES string of the molecule is Cc1cc(C)cc(-n2c(C)cc(C=Nn3c(-c4cc5cc(Br)ccc5o4)nc4ccccc4c3=O)c2C)c1. The average Bonchev–Trinajstić information content (AvgIpc) is 3.42. The van der Waals surface area contributed by atoms with Gasteiger partial charge in [-0.1, -0.05) is 34.1 Å². The van der Waals surface area contributed by atoms with Crippen LogP contribution in [0.15, 0.2) is 91.6 Å². The van der Waals surface area contributed by atoms with E-state index in [4.69, 9.17) is 9.40 Å². The van der Waals surface area contributed by atoms with Gasteiger partial charge in [-0.25, -0.2) is 4.98 Å². The molecule has 0 bridgehead atoms. The van der Waals surface area contributed by atoms with E-state index >= 15 is 0 Å². The normalized spacial score (nSPS) is 11.8. The predicted octanol–water partition coefficient (Wildman–Crippen LogP) is 7.48. The number of fused-ring (bicyclic) bond motifs is 2. The maximum absolute atomic E-state index is 13.6. The Labute approximate surface area is 228 Å². The number of hydrogen-bond acceptors (Lipinski definition) is 4. The molecule has 0 unspecified atom stereocenters. The van der Waals surface area contributed by atoms with Crippen LogP contribution in [0.4, 0.5) is 0 Å². The number of aromatic nitrogens is 3. The fraction of sp³-hybridized carbons (Fsp3) is 0.129. The molecule has 6 nitrogen and oxygen atoms in total. The van der Waals surface area contributed by atoms with Crippen LogP contribution in [-0.4, -0.2) is 20.4 Å². The first-order valence-electron chi connectivity index (χ1n) is 12.3. The number of hydrogen-bond donors (Lipinski definition) is 0. The van der Waals surface area contributed by atoms with Crippen LogP contribution >= 0.6 is 15.9 Å². The topological polar surface area (TPSA) is 65.3 Å². The summed E-state index contributed by atoms with van der Waals surface area (Å²) in [5.41, 5.74) is 7.60. The van der Waals surface area contributed by atoms with E-state index in [2.05, 4.69) is 77.6 Å². The summed E-state index contributed by atoms with van der Waals surface area (Å²) in [7, 11) is 0. The van der Waals surface area contributed by atoms with Crippen LogP contribution in [0.2, 0.25) is 0 Å². The number of aryl methyl sites for hydroxylation is 3. The van der Waals surface area contributed by atoms with Gasteiger partial charge in [-0.15, -0.1) is 0 Å². The van der Waals surface area contributed by atoms with Crippen LogP contribution in [0.25, 0.3) is 39.1 Å². The van der Waals surface area contributed by atoms with E-state index in [1.165, 1.54) is 15.8 Å². The molecule has 3 heterocycles. The van der Waals surface area contributed by atoms with Gasteiger partial charge >= 0.3 is 0 Å². The van der Waals surface area contributed by atoms with Crippen molar-refractivity contribution in [3.63, 3.8) is 0 Å². The Morgan fingerprint density at radius 3 is 2.47 bits per heavy atom. The van der Waals surface area contributed by atoms with Gasteiger partial charge in [0.05, 0.1) is 17.1 Å². The molecule has 0 saturated heterocycles. The fourth-order valence-corrected chi connectivity index (χ4v) is 5.41. The number of para-hydroxylation sites is 1. The lowest BCUT2D eigenvalue weighted by Crippen LogP contribution is -2.20. The molecule has 0 fully saturated rings. The minimum absolute atomic E-state index is 0.258. The summed E-state index contributed by atoms with van der Waals surface area (Å²) in [6.07, 6.45) is 1.72. The highest BCUT2D eigenvalue weighted by atomic mass is 79.9. The smallest absolute Gasteiger partial charge is 0.282 e. The Hall–Kier alpha value is -4.23. The standard InChI is InChI=1S/C31H25BrN4O2/c1-18-11-19(2)13-25(12-18)35-20(3)14-23(21(35)4)17-33-36-30(34-27-8-6-5-7-26(27)31(36)37)29-16-22-15-24(32)9-10-28(22)38-29/h5-17H,1-4H3. The van der Waals surface area contributed by atoms with Crippen molar-refractivity contribution in [2.24, 2.45) is 5.10 Å². The van der Waals surface area contributed by atoms with Crippen molar-refractivity contribution in [1.29, 1.82) is 0 Å². The molecule has 0 N–H and O–H groups in total. The molecule has 6 rings (SSSR count). The van der Waals surface area contributed by atoms with Gasteiger partial charge in [0.15, 0.2) is 5.76 Å². The molecule has 0 spiro atoms. The third-order valence-corrected chi connectivity index (χ3v) is 7.19. The van der Waals surface area contributed by atoms with Crippen molar-refractivity contribution >= 4 is 44.0 Å². The number of nitrogens with zero attached hydrogens (tertiary/aromatic N) is 4. The van der Waals surface area contributed by atoms with E-state index in [0.717, 1.165) is 32.5 Å². The molecule has 3 aromatic heterocycles. The summed E-state index contributed by atoms with van der Waals surface area (Å²) in [5.74, 6) is 0.819. The second kappa shape index (κ2) is 9.26. The monoisotopic (exact) mass is 564 g/mol. The van der Waals surface area contributed by atoms with E-state index < -0.39 is 0 Å². The molecule has 0 aliphatic heterocycles. The lowest BCUT2D eigenvalue weighted by molar-refractivity contribution is 0.616. The molecule has 0 atom stereocenters. The third kappa shape index (κ3) is 4.19. The van der Waals surface area contributed by atoms with Crippen LogP contribution in [0.3, 0.4) is 0 Å². The molecule has 0 aliphatic carbocycles. The van der Waals surface area contributed by atoms with Crippen molar-refractivity contribution in [3.8, 4) is 17.3 Å². The van der Waals surface area contributed by atoms with E-state index in [9.17, 15) is 4.79 Å². The maximum Gasteiger partial charge on any atom is 0.282 e. The van der Waals surface area contributed by atoms with Gasteiger partial charge in [0.2, 0.25) is 5.82 Å². The van der Waals surface area contributed by atoms with Crippen LogP contribution in [0.5, 0.6) is 0 Å². The summed E-state index contributed by atoms with van der Waals surface area (Å²) >= 11 is 3.51. The second-order valence-electron chi connectivity index (χ2n) is 9.61. The molecule has 7 heteroatoms. The Morgan fingerprint density at radius 1 is 0.921 bits per heavy atom. The van der Waals surface area contributed by atoms with Gasteiger partial charge in [-0.3, -0.25) is 4.79 Å². The van der Waals surface area contributed by atoms with E-state index in [0.29, 0.717) is 28.1 Å². The maximum atomic E-state index is 13.6. The zero-order valence-electron chi connectivity index (χ0n) is 21.5. The minimum Gasteiger partial charge on any atom is -0.453 e. The summed E-state index contributed by atoms with van der Waals surface area (Å²) in [5, 5.41) is 6.07. The Balaban J connectivity index is 1.51. The van der Waals surface area contributed by atoms with Gasteiger partial charge in [-0.05, 0) is 93.4 Å². The quantitative estimate of drug-likeness (QED) is 0.208. The van der Waals surface area contributed by atoms with Crippen LogP contribution in [0, 0.1) is 27.7 Å². The van der Waals surface area contributed by atoms with Gasteiger partial charge < -0.3 is 8.98 Å². The first-order valence-corrected chi connectivity index (χ1v) is 13.1. The van der Waals surface area contributed by atoms with Crippen LogP contribution in [-0.2, 0) is 0 Å². The summed E-state index contributed by atoms with van der Waals surface area (Å²) < 4.78 is 10.6. The second-order valence-corrected chi connectivity index (χ2v) is 10.5. The summed E-state index contributed by atoms with van der Waals surface area (Å²) in [6, 6.07) is 23.5. The number of benzene rings is 3. The van der Waals surface area contributed by atoms with Crippen molar-refractivity contribution in [1.82, 2.24) is 14.2 Å². The lowest BCUT2D eigenvalue weighted by Gasteiger charge is -2.12. The molecule has 6 aromatic rings.